The minimum atomic E-state index is -0.803. The van der Waals surface area contributed by atoms with E-state index in [-0.39, 0.29) is 38.3 Å². The van der Waals surface area contributed by atoms with Crippen molar-refractivity contribution in [1.29, 1.82) is 0 Å². The van der Waals surface area contributed by atoms with Crippen molar-refractivity contribution in [3.63, 3.8) is 0 Å². The lowest BCUT2D eigenvalue weighted by atomic mass is 10.2. The number of rotatable bonds is 10. The van der Waals surface area contributed by atoms with Gasteiger partial charge in [-0.3, -0.25) is 4.57 Å². The molecule has 0 bridgehead atoms. The van der Waals surface area contributed by atoms with Crippen LogP contribution in [0.1, 0.15) is 5.56 Å². The van der Waals surface area contributed by atoms with Crippen LogP contribution in [-0.4, -0.2) is 47.5 Å². The molecule has 0 aliphatic rings. The highest BCUT2D eigenvalue weighted by molar-refractivity contribution is 6.30. The normalized spacial score (nSPS) is 11.0. The fraction of sp³-hybridized carbons (Fsp3) is 0.208. The Morgan fingerprint density at radius 2 is 1.61 bits per heavy atom. The summed E-state index contributed by atoms with van der Waals surface area (Å²) in [4.78, 5) is 38.1. The molecule has 0 spiro atoms. The van der Waals surface area contributed by atoms with Crippen molar-refractivity contribution in [1.82, 2.24) is 24.1 Å². The van der Waals surface area contributed by atoms with Crippen molar-refractivity contribution >= 4 is 23.2 Å². The molecule has 2 heterocycles. The van der Waals surface area contributed by atoms with Crippen molar-refractivity contribution < 1.29 is 14.9 Å². The van der Waals surface area contributed by atoms with Gasteiger partial charge in [0.1, 0.15) is 5.75 Å². The Morgan fingerprint density at radius 1 is 0.944 bits per heavy atom. The summed E-state index contributed by atoms with van der Waals surface area (Å²) in [7, 11) is 0. The second kappa shape index (κ2) is 11.6. The summed E-state index contributed by atoms with van der Waals surface area (Å²) >= 11 is 5.98. The van der Waals surface area contributed by atoms with Crippen LogP contribution in [0, 0.1) is 5.92 Å². The third-order valence-corrected chi connectivity index (χ3v) is 5.47. The molecule has 0 aliphatic carbocycles. The molecule has 0 amide bonds. The van der Waals surface area contributed by atoms with E-state index in [1.807, 2.05) is 0 Å². The van der Waals surface area contributed by atoms with Crippen LogP contribution in [0.3, 0.4) is 0 Å². The van der Waals surface area contributed by atoms with Crippen LogP contribution in [0.25, 0.3) is 0 Å². The molecular formula is C24H23ClN6O5. The number of hydrogen-bond donors (Lipinski definition) is 3. The van der Waals surface area contributed by atoms with E-state index >= 15 is 0 Å². The molecule has 0 atom stereocenters. The van der Waals surface area contributed by atoms with Crippen LogP contribution in [-0.2, 0) is 13.1 Å². The standard InChI is InChI=1S/C24H23ClN6O5/c25-18-4-2-16(3-5-18)12-30-21(29-23(34)31(24(30)35)13-17(14-32)15-33)28-19-6-8-20(9-7-19)36-22-26-10-1-11-27-22/h1-11,17,32-33H,12-15H2,(H,28,29,34). The summed E-state index contributed by atoms with van der Waals surface area (Å²) < 4.78 is 7.78. The van der Waals surface area contributed by atoms with Gasteiger partial charge in [-0.1, -0.05) is 23.7 Å². The SMILES string of the molecule is O=c1nc(Nc2ccc(Oc3ncccn3)cc2)n(Cc2ccc(Cl)cc2)c(=O)n1CC(CO)CO. The number of nitrogens with zero attached hydrogens (tertiary/aromatic N) is 5. The summed E-state index contributed by atoms with van der Waals surface area (Å²) in [5.74, 6) is -0.158. The second-order valence-electron chi connectivity index (χ2n) is 7.84. The molecule has 4 rings (SSSR count). The Bertz CT molecular complexity index is 1400. The van der Waals surface area contributed by atoms with E-state index in [1.165, 1.54) is 4.57 Å². The maximum absolute atomic E-state index is 13.3. The van der Waals surface area contributed by atoms with E-state index in [0.717, 1.165) is 10.1 Å². The molecule has 2 aromatic heterocycles. The average Bonchev–Trinajstić information content (AvgIpc) is 2.89. The number of halogens is 1. The zero-order chi connectivity index (χ0) is 25.5. The molecule has 3 N–H and O–H groups in total. The minimum absolute atomic E-state index is 0.0285. The Labute approximate surface area is 210 Å². The summed E-state index contributed by atoms with van der Waals surface area (Å²) in [6.07, 6.45) is 3.13. The first-order valence-electron chi connectivity index (χ1n) is 11.0. The first kappa shape index (κ1) is 25.0. The molecule has 0 fully saturated rings. The van der Waals surface area contributed by atoms with Crippen LogP contribution >= 0.6 is 11.6 Å². The molecule has 0 radical (unpaired) electrons. The monoisotopic (exact) mass is 510 g/mol. The molecule has 12 heteroatoms. The number of aromatic nitrogens is 5. The smallest absolute Gasteiger partial charge is 0.354 e. The summed E-state index contributed by atoms with van der Waals surface area (Å²) in [6.45, 7) is -0.850. The first-order valence-corrected chi connectivity index (χ1v) is 11.3. The van der Waals surface area contributed by atoms with Crippen LogP contribution in [0.4, 0.5) is 11.6 Å². The van der Waals surface area contributed by atoms with Crippen molar-refractivity contribution in [2.45, 2.75) is 13.1 Å². The Morgan fingerprint density at radius 3 is 2.25 bits per heavy atom. The van der Waals surface area contributed by atoms with Crippen molar-refractivity contribution in [3.8, 4) is 11.8 Å². The lowest BCUT2D eigenvalue weighted by Crippen LogP contribution is -2.44. The van der Waals surface area contributed by atoms with Gasteiger partial charge in [-0.2, -0.15) is 4.98 Å². The number of nitrogens with one attached hydrogen (secondary N) is 1. The molecule has 0 unspecified atom stereocenters. The third kappa shape index (κ3) is 6.13. The van der Waals surface area contributed by atoms with Gasteiger partial charge in [-0.15, -0.1) is 0 Å². The van der Waals surface area contributed by atoms with E-state index in [2.05, 4.69) is 20.3 Å². The predicted molar refractivity (Wildman–Crippen MR) is 133 cm³/mol. The highest BCUT2D eigenvalue weighted by Crippen LogP contribution is 2.22. The number of aliphatic hydroxyl groups excluding tert-OH is 2. The van der Waals surface area contributed by atoms with Gasteiger partial charge >= 0.3 is 17.4 Å². The lowest BCUT2D eigenvalue weighted by molar-refractivity contribution is 0.134. The minimum Gasteiger partial charge on any atom is -0.424 e. The number of hydrogen-bond acceptors (Lipinski definition) is 9. The van der Waals surface area contributed by atoms with Crippen LogP contribution < -0.4 is 21.4 Å². The van der Waals surface area contributed by atoms with Crippen LogP contribution in [0.5, 0.6) is 11.8 Å². The molecule has 36 heavy (non-hydrogen) atoms. The van der Waals surface area contributed by atoms with Crippen molar-refractivity contribution in [3.05, 3.63) is 98.5 Å². The second-order valence-corrected chi connectivity index (χ2v) is 8.27. The molecule has 0 saturated heterocycles. The van der Waals surface area contributed by atoms with E-state index in [1.54, 1.807) is 67.0 Å². The molecule has 0 saturated carbocycles. The maximum atomic E-state index is 13.3. The van der Waals surface area contributed by atoms with E-state index in [4.69, 9.17) is 16.3 Å². The van der Waals surface area contributed by atoms with Gasteiger partial charge < -0.3 is 20.3 Å². The van der Waals surface area contributed by atoms with Gasteiger partial charge in [0, 0.05) is 48.8 Å². The molecule has 0 aliphatic heterocycles. The van der Waals surface area contributed by atoms with Crippen molar-refractivity contribution in [2.24, 2.45) is 5.92 Å². The predicted octanol–water partition coefficient (Wildman–Crippen LogP) is 2.03. The van der Waals surface area contributed by atoms with Gasteiger partial charge in [0.2, 0.25) is 5.95 Å². The lowest BCUT2D eigenvalue weighted by Gasteiger charge is -2.17. The Balaban J connectivity index is 1.66. The van der Waals surface area contributed by atoms with E-state index in [9.17, 15) is 19.8 Å². The quantitative estimate of drug-likeness (QED) is 0.292. The van der Waals surface area contributed by atoms with Gasteiger partial charge in [0.15, 0.2) is 0 Å². The van der Waals surface area contributed by atoms with Gasteiger partial charge in [-0.05, 0) is 48.0 Å². The Kier molecular flexibility index (Phi) is 8.06. The van der Waals surface area contributed by atoms with Gasteiger partial charge in [-0.25, -0.2) is 24.1 Å². The average molecular weight is 511 g/mol. The number of anilines is 2. The Hall–Kier alpha value is -4.06. The highest BCUT2D eigenvalue weighted by atomic mass is 35.5. The summed E-state index contributed by atoms with van der Waals surface area (Å²) in [6, 6.07) is 15.5. The summed E-state index contributed by atoms with van der Waals surface area (Å²) in [5.41, 5.74) is -0.138. The van der Waals surface area contributed by atoms with Crippen LogP contribution in [0.15, 0.2) is 76.6 Å². The first-order chi connectivity index (χ1) is 17.5. The largest absolute Gasteiger partial charge is 0.424 e. The third-order valence-electron chi connectivity index (χ3n) is 5.22. The molecule has 2 aromatic carbocycles. The molecular weight excluding hydrogens is 488 g/mol. The van der Waals surface area contributed by atoms with Crippen molar-refractivity contribution in [2.75, 3.05) is 18.5 Å². The number of benzene rings is 2. The van der Waals surface area contributed by atoms with Crippen LogP contribution in [0.2, 0.25) is 5.02 Å². The number of aliphatic hydroxyl groups is 2. The highest BCUT2D eigenvalue weighted by Gasteiger charge is 2.17. The molecule has 11 nitrogen and oxygen atoms in total. The topological polar surface area (TPSA) is 144 Å². The van der Waals surface area contributed by atoms with E-state index < -0.39 is 17.3 Å². The number of ether oxygens (including phenoxy) is 1. The fourth-order valence-corrected chi connectivity index (χ4v) is 3.43. The fourth-order valence-electron chi connectivity index (χ4n) is 3.31. The maximum Gasteiger partial charge on any atom is 0.354 e. The molecule has 186 valence electrons. The zero-order valence-electron chi connectivity index (χ0n) is 19.0. The molecule has 4 aromatic rings. The van der Waals surface area contributed by atoms with E-state index in [0.29, 0.717) is 16.5 Å². The van der Waals surface area contributed by atoms with Gasteiger partial charge in [0.05, 0.1) is 6.54 Å². The zero-order valence-corrected chi connectivity index (χ0v) is 19.7. The summed E-state index contributed by atoms with van der Waals surface area (Å²) in [5, 5.41) is 22.4. The van der Waals surface area contributed by atoms with Gasteiger partial charge in [0.25, 0.3) is 0 Å².